The van der Waals surface area contributed by atoms with Gasteiger partial charge in [-0.15, -0.1) is 11.3 Å². The van der Waals surface area contributed by atoms with E-state index in [1.807, 2.05) is 6.07 Å². The molecule has 0 saturated carbocycles. The number of hydrogen-bond acceptors (Lipinski definition) is 5. The van der Waals surface area contributed by atoms with Gasteiger partial charge in [0.05, 0.1) is 16.4 Å². The molecule has 0 bridgehead atoms. The molecule has 8 heteroatoms. The molecule has 1 saturated heterocycles. The minimum absolute atomic E-state index is 0.0355. The molecule has 6 nitrogen and oxygen atoms in total. The zero-order chi connectivity index (χ0) is 21.4. The lowest BCUT2D eigenvalue weighted by atomic mass is 9.72. The van der Waals surface area contributed by atoms with E-state index < -0.39 is 15.9 Å². The quantitative estimate of drug-likeness (QED) is 0.736. The fraction of sp³-hybridized carbons (Fsp3) is 0.714. The molecule has 2 aliphatic rings. The highest BCUT2D eigenvalue weighted by atomic mass is 32.2. The van der Waals surface area contributed by atoms with Crippen LogP contribution in [-0.4, -0.2) is 44.3 Å². The molecule has 0 spiro atoms. The number of sulfone groups is 1. The summed E-state index contributed by atoms with van der Waals surface area (Å²) in [4.78, 5) is 26.9. The number of fused-ring (bicyclic) bond motifs is 1. The summed E-state index contributed by atoms with van der Waals surface area (Å²) >= 11 is 1.53. The van der Waals surface area contributed by atoms with Gasteiger partial charge in [0.25, 0.3) is 5.91 Å². The summed E-state index contributed by atoms with van der Waals surface area (Å²) < 4.78 is 23.0. The molecule has 1 aliphatic heterocycles. The lowest BCUT2D eigenvalue weighted by molar-refractivity contribution is -0.122. The summed E-state index contributed by atoms with van der Waals surface area (Å²) in [6, 6.07) is 1.32. The Labute approximate surface area is 177 Å². The van der Waals surface area contributed by atoms with Crippen LogP contribution in [0.4, 0.5) is 0 Å². The van der Waals surface area contributed by atoms with Gasteiger partial charge in [0.2, 0.25) is 5.91 Å². The molecule has 1 fully saturated rings. The second-order valence-electron chi connectivity index (χ2n) is 9.57. The van der Waals surface area contributed by atoms with Gasteiger partial charge in [0, 0.05) is 11.4 Å². The summed E-state index contributed by atoms with van der Waals surface area (Å²) in [5.41, 5.74) is 1.53. The van der Waals surface area contributed by atoms with E-state index in [0.29, 0.717) is 23.8 Å². The fourth-order valence-corrected chi connectivity index (χ4v) is 7.11. The summed E-state index contributed by atoms with van der Waals surface area (Å²) in [7, 11) is -2.95. The largest absolute Gasteiger partial charge is 0.354 e. The third kappa shape index (κ3) is 5.60. The first-order valence-corrected chi connectivity index (χ1v) is 13.0. The zero-order valence-corrected chi connectivity index (χ0v) is 19.3. The van der Waals surface area contributed by atoms with Crippen molar-refractivity contribution in [2.75, 3.05) is 18.1 Å². The van der Waals surface area contributed by atoms with Crippen molar-refractivity contribution in [1.82, 2.24) is 10.6 Å². The Kier molecular flexibility index (Phi) is 6.44. The minimum atomic E-state index is -2.95. The molecule has 2 N–H and O–H groups in total. The molecule has 3 rings (SSSR count). The van der Waals surface area contributed by atoms with Gasteiger partial charge in [-0.2, -0.15) is 0 Å². The van der Waals surface area contributed by atoms with Crippen molar-refractivity contribution in [2.24, 2.45) is 17.3 Å². The summed E-state index contributed by atoms with van der Waals surface area (Å²) in [6.45, 7) is 8.79. The van der Waals surface area contributed by atoms with Crippen molar-refractivity contribution < 1.29 is 18.0 Å². The Morgan fingerprint density at radius 2 is 2.00 bits per heavy atom. The molecule has 162 valence electrons. The maximum Gasteiger partial charge on any atom is 0.262 e. The summed E-state index contributed by atoms with van der Waals surface area (Å²) in [6.07, 6.45) is 3.74. The predicted molar refractivity (Wildman–Crippen MR) is 116 cm³/mol. The number of rotatable bonds is 5. The first-order chi connectivity index (χ1) is 13.4. The van der Waals surface area contributed by atoms with E-state index in [2.05, 4.69) is 31.4 Å². The summed E-state index contributed by atoms with van der Waals surface area (Å²) in [5, 5.41) is 5.55. The van der Waals surface area contributed by atoms with Crippen LogP contribution in [0.1, 0.15) is 60.6 Å². The lowest BCUT2D eigenvalue weighted by Gasteiger charge is -2.33. The first kappa shape index (κ1) is 22.3. The van der Waals surface area contributed by atoms with Crippen molar-refractivity contribution >= 4 is 33.0 Å². The topological polar surface area (TPSA) is 92.3 Å². The Bertz CT molecular complexity index is 883. The van der Waals surface area contributed by atoms with E-state index in [-0.39, 0.29) is 34.7 Å². The van der Waals surface area contributed by atoms with Gasteiger partial charge in [-0.3, -0.25) is 9.59 Å². The van der Waals surface area contributed by atoms with Crippen molar-refractivity contribution in [1.29, 1.82) is 0 Å². The third-order valence-electron chi connectivity index (χ3n) is 6.16. The number of carbonyl (C=O) groups excluding carboxylic acids is 2. The molecule has 0 aromatic carbocycles. The van der Waals surface area contributed by atoms with Crippen LogP contribution in [0.3, 0.4) is 0 Å². The van der Waals surface area contributed by atoms with Crippen molar-refractivity contribution in [3.63, 3.8) is 0 Å². The normalized spacial score (nSPS) is 24.6. The molecule has 1 aliphatic carbocycles. The molecule has 3 unspecified atom stereocenters. The van der Waals surface area contributed by atoms with Crippen LogP contribution >= 0.6 is 11.3 Å². The van der Waals surface area contributed by atoms with Crippen molar-refractivity contribution in [3.8, 4) is 0 Å². The van der Waals surface area contributed by atoms with Crippen LogP contribution in [0.25, 0.3) is 0 Å². The second-order valence-corrected chi connectivity index (χ2v) is 12.9. The molecule has 2 amide bonds. The van der Waals surface area contributed by atoms with Gasteiger partial charge in [-0.25, -0.2) is 8.42 Å². The fourth-order valence-electron chi connectivity index (χ4n) is 4.14. The van der Waals surface area contributed by atoms with Gasteiger partial charge < -0.3 is 10.6 Å². The van der Waals surface area contributed by atoms with E-state index in [1.165, 1.54) is 21.8 Å². The van der Waals surface area contributed by atoms with E-state index >= 15 is 0 Å². The predicted octanol–water partition coefficient (Wildman–Crippen LogP) is 2.57. The van der Waals surface area contributed by atoms with E-state index in [0.717, 1.165) is 19.3 Å². The van der Waals surface area contributed by atoms with Gasteiger partial charge >= 0.3 is 0 Å². The van der Waals surface area contributed by atoms with Crippen molar-refractivity contribution in [3.05, 3.63) is 21.4 Å². The highest BCUT2D eigenvalue weighted by Crippen LogP contribution is 2.40. The van der Waals surface area contributed by atoms with Gasteiger partial charge in [0.1, 0.15) is 6.04 Å². The molecular formula is C21H32N2O4S2. The third-order valence-corrected chi connectivity index (χ3v) is 9.24. The van der Waals surface area contributed by atoms with Crippen LogP contribution in [0.5, 0.6) is 0 Å². The number of hydrogen-bond donors (Lipinski definition) is 2. The molecule has 1 aromatic heterocycles. The average molecular weight is 441 g/mol. The monoisotopic (exact) mass is 440 g/mol. The zero-order valence-electron chi connectivity index (χ0n) is 17.7. The number of thiophene rings is 1. The molecule has 1 aromatic rings. The molecule has 2 heterocycles. The van der Waals surface area contributed by atoms with E-state index in [1.54, 1.807) is 6.92 Å². The first-order valence-electron chi connectivity index (χ1n) is 10.3. The van der Waals surface area contributed by atoms with E-state index in [9.17, 15) is 18.0 Å². The molecular weight excluding hydrogens is 408 g/mol. The highest BCUT2D eigenvalue weighted by Gasteiger charge is 2.31. The van der Waals surface area contributed by atoms with Crippen LogP contribution < -0.4 is 10.6 Å². The maximum atomic E-state index is 12.6. The van der Waals surface area contributed by atoms with Crippen LogP contribution in [-0.2, 0) is 27.5 Å². The standard InChI is InChI=1S/C21H32N2O4S2/c1-13(19(24)22-11-14-7-8-29(26,27)12-14)23-20(25)18-10-15-9-16(21(2,3)4)5-6-17(15)28-18/h10,13-14,16H,5-9,11-12H2,1-4H3,(H,22,24)(H,23,25). The molecule has 3 atom stereocenters. The maximum absolute atomic E-state index is 12.6. The second kappa shape index (κ2) is 8.38. The highest BCUT2D eigenvalue weighted by molar-refractivity contribution is 7.91. The Hall–Kier alpha value is -1.41. The number of aryl methyl sites for hydroxylation is 1. The number of carbonyl (C=O) groups is 2. The number of amides is 2. The number of nitrogens with one attached hydrogen (secondary N) is 2. The van der Waals surface area contributed by atoms with Gasteiger partial charge in [0.15, 0.2) is 9.84 Å². The Morgan fingerprint density at radius 1 is 1.28 bits per heavy atom. The van der Waals surface area contributed by atoms with Gasteiger partial charge in [-0.1, -0.05) is 20.8 Å². The molecule has 0 radical (unpaired) electrons. The van der Waals surface area contributed by atoms with Crippen molar-refractivity contribution in [2.45, 2.75) is 59.4 Å². The van der Waals surface area contributed by atoms with Crippen LogP contribution in [0.2, 0.25) is 0 Å². The minimum Gasteiger partial charge on any atom is -0.354 e. The lowest BCUT2D eigenvalue weighted by Crippen LogP contribution is -2.45. The van der Waals surface area contributed by atoms with Crippen LogP contribution in [0.15, 0.2) is 6.07 Å². The Morgan fingerprint density at radius 3 is 2.62 bits per heavy atom. The summed E-state index contributed by atoms with van der Waals surface area (Å²) in [5.74, 6) is 0.402. The average Bonchev–Trinajstić information content (AvgIpc) is 3.20. The van der Waals surface area contributed by atoms with Crippen LogP contribution in [0, 0.1) is 17.3 Å². The molecule has 29 heavy (non-hydrogen) atoms. The van der Waals surface area contributed by atoms with E-state index in [4.69, 9.17) is 0 Å². The smallest absolute Gasteiger partial charge is 0.262 e. The van der Waals surface area contributed by atoms with Gasteiger partial charge in [-0.05, 0) is 61.5 Å². The SMILES string of the molecule is CC(NC(=O)c1cc2c(s1)CCC(C(C)(C)C)C2)C(=O)NCC1CCS(=O)(=O)C1. The Balaban J connectivity index is 1.52.